The maximum Gasteiger partial charge on any atom is 0.488 e. The van der Waals surface area contributed by atoms with Crippen LogP contribution in [0.25, 0.3) is 0 Å². The molecular formula is C26H25BCl2O4. The summed E-state index contributed by atoms with van der Waals surface area (Å²) in [4.78, 5) is 0. The van der Waals surface area contributed by atoms with Crippen LogP contribution in [0.5, 0.6) is 17.2 Å². The first-order chi connectivity index (χ1) is 15.8. The first-order valence-corrected chi connectivity index (χ1v) is 10.9. The van der Waals surface area contributed by atoms with Gasteiger partial charge in [0.15, 0.2) is 0 Å². The van der Waals surface area contributed by atoms with E-state index in [-0.39, 0.29) is 5.75 Å². The highest BCUT2D eigenvalue weighted by atomic mass is 35.5. The maximum absolute atomic E-state index is 8.97. The van der Waals surface area contributed by atoms with Crippen molar-refractivity contribution >= 4 is 35.8 Å². The Kier molecular flexibility index (Phi) is 10.8. The maximum atomic E-state index is 8.97. The van der Waals surface area contributed by atoms with Gasteiger partial charge in [0.2, 0.25) is 0 Å². The molecule has 0 spiro atoms. The van der Waals surface area contributed by atoms with Crippen molar-refractivity contribution in [3.63, 3.8) is 0 Å². The van der Waals surface area contributed by atoms with Crippen molar-refractivity contribution in [1.82, 2.24) is 0 Å². The summed E-state index contributed by atoms with van der Waals surface area (Å²) in [6, 6.07) is 29.1. The Balaban J connectivity index is 0.000000186. The molecule has 4 nitrogen and oxygen atoms in total. The van der Waals surface area contributed by atoms with E-state index in [0.29, 0.717) is 21.3 Å². The van der Waals surface area contributed by atoms with Gasteiger partial charge >= 0.3 is 7.12 Å². The van der Waals surface area contributed by atoms with Gasteiger partial charge in [0.05, 0.1) is 10.0 Å². The van der Waals surface area contributed by atoms with Gasteiger partial charge in [-0.2, -0.15) is 0 Å². The molecular weight excluding hydrogens is 458 g/mol. The molecule has 170 valence electrons. The molecule has 0 bridgehead atoms. The Morgan fingerprint density at radius 3 is 1.67 bits per heavy atom. The fourth-order valence-corrected chi connectivity index (χ4v) is 2.83. The monoisotopic (exact) mass is 482 g/mol. The number of hydrogen-bond acceptors (Lipinski definition) is 4. The number of phenolic OH excluding ortho intramolecular Hbond substituents is 1. The van der Waals surface area contributed by atoms with Gasteiger partial charge in [0.25, 0.3) is 0 Å². The number of aryl methyl sites for hydroxylation is 2. The molecule has 0 unspecified atom stereocenters. The SMILES string of the molecule is Cc1ccc(Cl)c(O)c1.Cc1ccc(Cl)c(Oc2ccccc2)c1.OB(O)c1ccccc1. The quantitative estimate of drug-likeness (QED) is 0.306. The minimum absolute atomic E-state index is 0.150. The van der Waals surface area contributed by atoms with Crippen molar-refractivity contribution in [2.45, 2.75) is 13.8 Å². The lowest BCUT2D eigenvalue weighted by molar-refractivity contribution is 0.426. The molecule has 0 saturated carbocycles. The Morgan fingerprint density at radius 1 is 0.667 bits per heavy atom. The van der Waals surface area contributed by atoms with Gasteiger partial charge in [0.1, 0.15) is 17.2 Å². The summed E-state index contributed by atoms with van der Waals surface area (Å²) in [5.74, 6) is 1.64. The van der Waals surface area contributed by atoms with Crippen LogP contribution >= 0.6 is 23.2 Å². The first-order valence-electron chi connectivity index (χ1n) is 10.1. The highest BCUT2D eigenvalue weighted by molar-refractivity contribution is 6.58. The minimum Gasteiger partial charge on any atom is -0.506 e. The van der Waals surface area contributed by atoms with Crippen LogP contribution in [0.4, 0.5) is 0 Å². The molecule has 4 rings (SSSR count). The topological polar surface area (TPSA) is 69.9 Å². The molecule has 0 amide bonds. The number of halogens is 2. The number of ether oxygens (including phenoxy) is 1. The third-order valence-corrected chi connectivity index (χ3v) is 4.89. The van der Waals surface area contributed by atoms with Gasteiger partial charge in [-0.05, 0) is 66.8 Å². The number of rotatable bonds is 3. The second-order valence-electron chi connectivity index (χ2n) is 7.09. The summed E-state index contributed by atoms with van der Waals surface area (Å²) in [5.41, 5.74) is 2.67. The van der Waals surface area contributed by atoms with E-state index in [1.165, 1.54) is 0 Å². The number of phenols is 1. The fourth-order valence-electron chi connectivity index (χ4n) is 2.55. The van der Waals surface area contributed by atoms with Gasteiger partial charge in [-0.3, -0.25) is 0 Å². The molecule has 0 aliphatic carbocycles. The molecule has 7 heteroatoms. The van der Waals surface area contributed by atoms with E-state index < -0.39 is 7.12 Å². The summed E-state index contributed by atoms with van der Waals surface area (Å²) < 4.78 is 5.66. The van der Waals surface area contributed by atoms with E-state index in [9.17, 15) is 0 Å². The minimum atomic E-state index is -1.34. The van der Waals surface area contributed by atoms with E-state index in [1.807, 2.05) is 74.5 Å². The van der Waals surface area contributed by atoms with Crippen molar-refractivity contribution in [3.8, 4) is 17.2 Å². The average molecular weight is 483 g/mol. The van der Waals surface area contributed by atoms with Crippen LogP contribution in [0.2, 0.25) is 10.0 Å². The molecule has 0 fully saturated rings. The Morgan fingerprint density at radius 2 is 1.18 bits per heavy atom. The van der Waals surface area contributed by atoms with Crippen LogP contribution in [0.1, 0.15) is 11.1 Å². The molecule has 4 aromatic rings. The lowest BCUT2D eigenvalue weighted by atomic mass is 9.81. The van der Waals surface area contributed by atoms with E-state index in [1.54, 1.807) is 36.4 Å². The third kappa shape index (κ3) is 9.60. The van der Waals surface area contributed by atoms with E-state index in [0.717, 1.165) is 16.9 Å². The van der Waals surface area contributed by atoms with Crippen LogP contribution in [0, 0.1) is 13.8 Å². The Hall–Kier alpha value is -2.96. The predicted octanol–water partition coefficient (Wildman–Crippen LogP) is 6.16. The lowest BCUT2D eigenvalue weighted by Crippen LogP contribution is -2.29. The standard InChI is InChI=1S/C13H11ClO.C7H7ClO.C6H7BO2/c1-10-7-8-12(14)13(9-10)15-11-5-3-2-4-6-11;1-5-2-3-6(8)7(9)4-5;8-7(9)6-4-2-1-3-5-6/h2-9H,1H3;2-4,9H,1H3;1-5,8-9H. The summed E-state index contributed by atoms with van der Waals surface area (Å²) in [5, 5.41) is 27.2. The van der Waals surface area contributed by atoms with Crippen LogP contribution in [-0.4, -0.2) is 22.3 Å². The zero-order valence-electron chi connectivity index (χ0n) is 18.3. The fraction of sp³-hybridized carbons (Fsp3) is 0.0769. The van der Waals surface area contributed by atoms with Crippen molar-refractivity contribution in [2.75, 3.05) is 0 Å². The number of hydrogen-bond donors (Lipinski definition) is 3. The highest BCUT2D eigenvalue weighted by Crippen LogP contribution is 2.29. The smallest absolute Gasteiger partial charge is 0.488 e. The molecule has 4 aromatic carbocycles. The van der Waals surface area contributed by atoms with Crippen LogP contribution in [0.3, 0.4) is 0 Å². The zero-order chi connectivity index (χ0) is 24.2. The predicted molar refractivity (Wildman–Crippen MR) is 137 cm³/mol. The molecule has 0 aliphatic rings. The lowest BCUT2D eigenvalue weighted by Gasteiger charge is -2.07. The second-order valence-corrected chi connectivity index (χ2v) is 7.90. The van der Waals surface area contributed by atoms with Gasteiger partial charge in [-0.25, -0.2) is 0 Å². The molecule has 0 heterocycles. The zero-order valence-corrected chi connectivity index (χ0v) is 19.8. The Labute approximate surface area is 204 Å². The number of para-hydroxylation sites is 1. The molecule has 3 N–H and O–H groups in total. The number of benzene rings is 4. The molecule has 0 saturated heterocycles. The van der Waals surface area contributed by atoms with Crippen molar-refractivity contribution < 1.29 is 19.9 Å². The summed E-state index contributed by atoms with van der Waals surface area (Å²) in [6.45, 7) is 3.91. The van der Waals surface area contributed by atoms with E-state index in [2.05, 4.69) is 0 Å². The van der Waals surface area contributed by atoms with Gasteiger partial charge < -0.3 is 19.9 Å². The van der Waals surface area contributed by atoms with Crippen molar-refractivity contribution in [1.29, 1.82) is 0 Å². The molecule has 0 atom stereocenters. The van der Waals surface area contributed by atoms with E-state index in [4.69, 9.17) is 43.1 Å². The second kappa shape index (κ2) is 13.6. The summed E-state index contributed by atoms with van der Waals surface area (Å²) >= 11 is 11.6. The average Bonchev–Trinajstić information content (AvgIpc) is 2.81. The van der Waals surface area contributed by atoms with Crippen molar-refractivity contribution in [3.05, 3.63) is 118 Å². The van der Waals surface area contributed by atoms with Gasteiger partial charge in [-0.1, -0.05) is 83.9 Å². The third-order valence-electron chi connectivity index (χ3n) is 4.26. The van der Waals surface area contributed by atoms with Gasteiger partial charge in [-0.15, -0.1) is 0 Å². The first kappa shape index (κ1) is 26.3. The molecule has 0 aliphatic heterocycles. The molecule has 33 heavy (non-hydrogen) atoms. The molecule has 0 aromatic heterocycles. The largest absolute Gasteiger partial charge is 0.506 e. The number of aromatic hydroxyl groups is 1. The van der Waals surface area contributed by atoms with Gasteiger partial charge in [0, 0.05) is 0 Å². The molecule has 0 radical (unpaired) electrons. The van der Waals surface area contributed by atoms with Crippen LogP contribution < -0.4 is 10.2 Å². The van der Waals surface area contributed by atoms with E-state index >= 15 is 0 Å². The van der Waals surface area contributed by atoms with Crippen LogP contribution in [0.15, 0.2) is 97.1 Å². The van der Waals surface area contributed by atoms with Crippen molar-refractivity contribution in [2.24, 2.45) is 0 Å². The normalized spacial score (nSPS) is 9.64. The summed E-state index contributed by atoms with van der Waals surface area (Å²) in [6.07, 6.45) is 0. The summed E-state index contributed by atoms with van der Waals surface area (Å²) in [7, 11) is -1.34. The highest BCUT2D eigenvalue weighted by Gasteiger charge is 2.07. The van der Waals surface area contributed by atoms with Crippen LogP contribution in [-0.2, 0) is 0 Å². The Bertz CT molecular complexity index is 1120.